The van der Waals surface area contributed by atoms with E-state index in [0.717, 1.165) is 0 Å². The Morgan fingerprint density at radius 3 is 2.78 bits per heavy atom. The van der Waals surface area contributed by atoms with Gasteiger partial charge >= 0.3 is 0 Å². The number of imidazole rings is 1. The van der Waals surface area contributed by atoms with Gasteiger partial charge in [-0.1, -0.05) is 18.5 Å². The predicted octanol–water partition coefficient (Wildman–Crippen LogP) is 2.68. The van der Waals surface area contributed by atoms with Crippen molar-refractivity contribution in [1.29, 1.82) is 0 Å². The van der Waals surface area contributed by atoms with Crippen molar-refractivity contribution in [2.45, 2.75) is 25.3 Å². The molecule has 2 atom stereocenters. The molecule has 1 aromatic carbocycles. The van der Waals surface area contributed by atoms with E-state index in [-0.39, 0.29) is 45.1 Å². The zero-order chi connectivity index (χ0) is 25.8. The number of hydrogen-bond donors (Lipinski definition) is 2. The Morgan fingerprint density at radius 1 is 1.19 bits per heavy atom. The summed E-state index contributed by atoms with van der Waals surface area (Å²) in [5.41, 5.74) is 5.65. The zero-order valence-electron chi connectivity index (χ0n) is 19.0. The molecule has 3 N–H and O–H groups in total. The van der Waals surface area contributed by atoms with E-state index < -0.39 is 23.4 Å². The molecule has 0 saturated heterocycles. The van der Waals surface area contributed by atoms with Crippen LogP contribution in [0, 0.1) is 11.8 Å². The quantitative estimate of drug-likeness (QED) is 0.361. The van der Waals surface area contributed by atoms with Gasteiger partial charge < -0.3 is 10.7 Å². The maximum atomic E-state index is 15.3. The lowest BCUT2D eigenvalue weighted by atomic mass is 10.1. The molecule has 0 fully saturated rings. The average Bonchev–Trinajstić information content (AvgIpc) is 3.62. The number of nitrogens with zero attached hydrogens (tertiary/aromatic N) is 9. The first-order valence-corrected chi connectivity index (χ1v) is 11.4. The topological polar surface area (TPSA) is 159 Å². The summed E-state index contributed by atoms with van der Waals surface area (Å²) < 4.78 is 32.3. The lowest BCUT2D eigenvalue weighted by Crippen LogP contribution is -2.25. The Hall–Kier alpha value is -4.59. The molecule has 37 heavy (non-hydrogen) atoms. The molecule has 186 valence electrons. The number of fused-ring (bicyclic) bond motifs is 1. The maximum Gasteiger partial charge on any atom is 0.254 e. The SMILES string of the molecule is C[C@H]1C[C@@H](c2ncc(-c3ncc(N)nc3F)[nH]2)n2c1nc(-c1c(-n3cnnn3)ccc(Cl)c1F)cc2=O. The highest BCUT2D eigenvalue weighted by molar-refractivity contribution is 6.31. The Morgan fingerprint density at radius 2 is 2.03 bits per heavy atom. The summed E-state index contributed by atoms with van der Waals surface area (Å²) >= 11 is 6.06. The van der Waals surface area contributed by atoms with Crippen molar-refractivity contribution in [2.75, 3.05) is 5.73 Å². The number of benzene rings is 1. The summed E-state index contributed by atoms with van der Waals surface area (Å²) in [6.45, 7) is 1.90. The van der Waals surface area contributed by atoms with Gasteiger partial charge in [0.1, 0.15) is 29.5 Å². The molecule has 0 amide bonds. The molecule has 1 aliphatic rings. The Kier molecular flexibility index (Phi) is 5.26. The summed E-state index contributed by atoms with van der Waals surface area (Å²) in [6.07, 6.45) is 4.43. The van der Waals surface area contributed by atoms with E-state index in [0.29, 0.717) is 18.1 Å². The molecule has 4 aromatic heterocycles. The molecular weight excluding hydrogens is 508 g/mol. The van der Waals surface area contributed by atoms with E-state index in [9.17, 15) is 9.18 Å². The fourth-order valence-electron chi connectivity index (χ4n) is 4.51. The minimum absolute atomic E-state index is 0.00589. The van der Waals surface area contributed by atoms with Gasteiger partial charge in [-0.25, -0.2) is 19.3 Å². The first kappa shape index (κ1) is 22.8. The van der Waals surface area contributed by atoms with Gasteiger partial charge in [0.25, 0.3) is 5.56 Å². The number of aromatic nitrogens is 10. The van der Waals surface area contributed by atoms with Crippen molar-refractivity contribution in [3.05, 3.63) is 75.7 Å². The third kappa shape index (κ3) is 3.72. The molecule has 12 nitrogen and oxygen atoms in total. The molecule has 1 aliphatic heterocycles. The van der Waals surface area contributed by atoms with Crippen LogP contribution in [-0.4, -0.2) is 49.7 Å². The second-order valence-corrected chi connectivity index (χ2v) is 8.89. The van der Waals surface area contributed by atoms with Crippen LogP contribution in [0.2, 0.25) is 5.02 Å². The molecule has 0 unspecified atom stereocenters. The van der Waals surface area contributed by atoms with Crippen molar-refractivity contribution in [3.8, 4) is 28.3 Å². The number of halogens is 3. The number of hydrogen-bond acceptors (Lipinski definition) is 9. The number of nitrogens with one attached hydrogen (secondary N) is 1. The number of nitrogens with two attached hydrogens (primary N) is 1. The van der Waals surface area contributed by atoms with Crippen molar-refractivity contribution < 1.29 is 8.78 Å². The number of tetrazole rings is 1. The summed E-state index contributed by atoms with van der Waals surface area (Å²) in [6, 6.07) is 3.63. The standard InChI is InChI=1S/C22H16ClF2N11O/c1-9-4-14(21-28-6-12(30-21)19-20(25)32-15(26)7-27-19)36-16(37)5-11(31-22(9)36)17-13(35-8-29-33-34-35)3-2-10(23)18(17)24/h2-3,5-9,14H,4H2,1H3,(H2,26,32)(H,28,30)/t9-,14-/m0/s1. The largest absolute Gasteiger partial charge is 0.382 e. The smallest absolute Gasteiger partial charge is 0.254 e. The fraction of sp³-hybridized carbons (Fsp3) is 0.182. The van der Waals surface area contributed by atoms with Crippen molar-refractivity contribution in [2.24, 2.45) is 0 Å². The van der Waals surface area contributed by atoms with E-state index in [2.05, 4.69) is 40.4 Å². The van der Waals surface area contributed by atoms with Crippen molar-refractivity contribution in [1.82, 2.24) is 49.7 Å². The van der Waals surface area contributed by atoms with Gasteiger partial charge in [0.2, 0.25) is 5.95 Å². The normalized spacial score (nSPS) is 16.8. The Bertz CT molecular complexity index is 1720. The molecule has 6 rings (SSSR count). The number of H-pyrrole nitrogens is 1. The van der Waals surface area contributed by atoms with Crippen LogP contribution in [0.3, 0.4) is 0 Å². The van der Waals surface area contributed by atoms with E-state index in [1.165, 1.54) is 40.1 Å². The molecule has 15 heteroatoms. The minimum atomic E-state index is -0.846. The highest BCUT2D eigenvalue weighted by Crippen LogP contribution is 2.39. The molecule has 5 aromatic rings. The highest BCUT2D eigenvalue weighted by Gasteiger charge is 2.34. The van der Waals surface area contributed by atoms with Gasteiger partial charge in [0, 0.05) is 12.0 Å². The first-order valence-electron chi connectivity index (χ1n) is 11.0. The molecule has 0 radical (unpaired) electrons. The first-order chi connectivity index (χ1) is 17.8. The molecule has 0 saturated carbocycles. The van der Waals surface area contributed by atoms with Crippen LogP contribution in [0.5, 0.6) is 0 Å². The summed E-state index contributed by atoms with van der Waals surface area (Å²) in [4.78, 5) is 33.0. The number of rotatable bonds is 4. The molecule has 0 bridgehead atoms. The van der Waals surface area contributed by atoms with Crippen LogP contribution in [0.25, 0.3) is 28.3 Å². The van der Waals surface area contributed by atoms with Crippen LogP contribution in [0.15, 0.2) is 41.7 Å². The molecular formula is C22H16ClF2N11O. The zero-order valence-corrected chi connectivity index (χ0v) is 19.7. The van der Waals surface area contributed by atoms with Gasteiger partial charge in [-0.2, -0.15) is 14.1 Å². The van der Waals surface area contributed by atoms with Gasteiger partial charge in [-0.15, -0.1) is 5.10 Å². The van der Waals surface area contributed by atoms with Gasteiger partial charge in [-0.3, -0.25) is 9.36 Å². The summed E-state index contributed by atoms with van der Waals surface area (Å²) in [7, 11) is 0. The van der Waals surface area contributed by atoms with E-state index in [4.69, 9.17) is 17.3 Å². The van der Waals surface area contributed by atoms with Crippen LogP contribution < -0.4 is 11.3 Å². The monoisotopic (exact) mass is 523 g/mol. The van der Waals surface area contributed by atoms with Crippen LogP contribution >= 0.6 is 11.6 Å². The van der Waals surface area contributed by atoms with Crippen LogP contribution in [0.1, 0.15) is 37.0 Å². The molecule has 0 aliphatic carbocycles. The van der Waals surface area contributed by atoms with E-state index in [1.54, 1.807) is 6.07 Å². The van der Waals surface area contributed by atoms with E-state index in [1.807, 2.05) is 6.92 Å². The second kappa shape index (κ2) is 8.51. The predicted molar refractivity (Wildman–Crippen MR) is 127 cm³/mol. The van der Waals surface area contributed by atoms with Crippen molar-refractivity contribution >= 4 is 17.4 Å². The second-order valence-electron chi connectivity index (χ2n) is 8.49. The van der Waals surface area contributed by atoms with E-state index >= 15 is 4.39 Å². The van der Waals surface area contributed by atoms with Crippen molar-refractivity contribution in [3.63, 3.8) is 0 Å². The number of nitrogen functional groups attached to an aromatic ring is 1. The molecule has 5 heterocycles. The third-order valence-electron chi connectivity index (χ3n) is 6.15. The maximum absolute atomic E-state index is 15.3. The average molecular weight is 524 g/mol. The van der Waals surface area contributed by atoms with Gasteiger partial charge in [0.05, 0.1) is 46.1 Å². The minimum Gasteiger partial charge on any atom is -0.382 e. The Balaban J connectivity index is 1.44. The van der Waals surface area contributed by atoms with Gasteiger partial charge in [-0.05, 0) is 29.0 Å². The molecule has 0 spiro atoms. The third-order valence-corrected chi connectivity index (χ3v) is 6.44. The Labute approximate surface area is 211 Å². The van der Waals surface area contributed by atoms with Crippen LogP contribution in [0.4, 0.5) is 14.6 Å². The number of aromatic amines is 1. The summed E-state index contributed by atoms with van der Waals surface area (Å²) in [5.74, 6) is -0.980. The fourth-order valence-corrected chi connectivity index (χ4v) is 4.67. The number of anilines is 1. The lowest BCUT2D eigenvalue weighted by molar-refractivity contribution is 0.555. The lowest BCUT2D eigenvalue weighted by Gasteiger charge is -2.15. The van der Waals surface area contributed by atoms with Crippen LogP contribution in [-0.2, 0) is 0 Å². The van der Waals surface area contributed by atoms with Gasteiger partial charge in [0.15, 0.2) is 5.82 Å². The summed E-state index contributed by atoms with van der Waals surface area (Å²) in [5, 5.41) is 10.9. The highest BCUT2D eigenvalue weighted by atomic mass is 35.5.